The number of pyridine rings is 1. The van der Waals surface area contributed by atoms with E-state index >= 15 is 0 Å². The Morgan fingerprint density at radius 3 is 2.48 bits per heavy atom. The summed E-state index contributed by atoms with van der Waals surface area (Å²) in [5.74, 6) is -0.736. The average molecular weight is 473 g/mol. The maximum atomic E-state index is 13.5. The van der Waals surface area contributed by atoms with Crippen LogP contribution in [0.25, 0.3) is 31.6 Å². The number of rotatable bonds is 5. The molecule has 0 saturated carbocycles. The first-order valence-corrected chi connectivity index (χ1v) is 12.1. The summed E-state index contributed by atoms with van der Waals surface area (Å²) in [6.45, 7) is 4.07. The number of thiophene rings is 2. The molecule has 0 fully saturated rings. The Kier molecular flexibility index (Phi) is 5.66. The van der Waals surface area contributed by atoms with Gasteiger partial charge in [0.05, 0.1) is 28.3 Å². The van der Waals surface area contributed by atoms with E-state index in [1.54, 1.807) is 18.3 Å². The second-order valence-corrected chi connectivity index (χ2v) is 9.80. The molecule has 0 aliphatic heterocycles. The molecule has 1 N–H and O–H groups in total. The molecular formula is C26H20N2O3S2. The van der Waals surface area contributed by atoms with Gasteiger partial charge in [-0.25, -0.2) is 9.78 Å². The topological polar surface area (TPSA) is 68.3 Å². The normalized spacial score (nSPS) is 11.1. The highest BCUT2D eigenvalue weighted by atomic mass is 32.1. The van der Waals surface area contributed by atoms with Crippen LogP contribution in [0, 0.1) is 6.92 Å². The van der Waals surface area contributed by atoms with Gasteiger partial charge in [-0.2, -0.15) is 0 Å². The van der Waals surface area contributed by atoms with Crippen LogP contribution in [0.3, 0.4) is 0 Å². The fourth-order valence-corrected chi connectivity index (χ4v) is 5.69. The molecule has 0 spiro atoms. The monoisotopic (exact) mass is 472 g/mol. The number of aromatic nitrogens is 1. The third-order valence-electron chi connectivity index (χ3n) is 5.26. The van der Waals surface area contributed by atoms with E-state index in [0.717, 1.165) is 31.6 Å². The van der Waals surface area contributed by atoms with Crippen LogP contribution in [0.1, 0.15) is 32.5 Å². The Balaban J connectivity index is 1.61. The standard InChI is InChI=1S/C26H20N2O3S2/c1-3-31-26(30)23-17-9-5-7-11-21(17)33-25(23)28-24(29)18-14-20(22-13-12-15(2)32-22)27-19-10-6-4-8-16(18)19/h4-14H,3H2,1-2H3,(H,28,29). The van der Waals surface area contributed by atoms with Crippen molar-refractivity contribution in [3.8, 4) is 10.6 Å². The molecule has 164 valence electrons. The molecular weight excluding hydrogens is 452 g/mol. The zero-order chi connectivity index (χ0) is 22.9. The molecule has 5 rings (SSSR count). The second-order valence-electron chi connectivity index (χ2n) is 7.46. The van der Waals surface area contributed by atoms with Crippen molar-refractivity contribution >= 4 is 60.5 Å². The number of hydrogen-bond donors (Lipinski definition) is 1. The van der Waals surface area contributed by atoms with Crippen molar-refractivity contribution in [2.45, 2.75) is 13.8 Å². The number of aryl methyl sites for hydroxylation is 1. The van der Waals surface area contributed by atoms with Gasteiger partial charge in [-0.1, -0.05) is 36.4 Å². The molecule has 3 heterocycles. The van der Waals surface area contributed by atoms with E-state index < -0.39 is 5.97 Å². The molecule has 1 amide bonds. The van der Waals surface area contributed by atoms with Gasteiger partial charge in [0.25, 0.3) is 5.91 Å². The molecule has 0 saturated heterocycles. The number of nitrogens with zero attached hydrogens (tertiary/aromatic N) is 1. The van der Waals surface area contributed by atoms with Gasteiger partial charge in [0.2, 0.25) is 0 Å². The number of benzene rings is 2. The molecule has 3 aromatic heterocycles. The van der Waals surface area contributed by atoms with Crippen molar-refractivity contribution in [1.29, 1.82) is 0 Å². The number of para-hydroxylation sites is 1. The first-order valence-electron chi connectivity index (χ1n) is 10.5. The third-order valence-corrected chi connectivity index (χ3v) is 7.37. The van der Waals surface area contributed by atoms with Gasteiger partial charge >= 0.3 is 5.97 Å². The lowest BCUT2D eigenvalue weighted by atomic mass is 10.1. The van der Waals surface area contributed by atoms with Gasteiger partial charge in [-0.05, 0) is 44.2 Å². The van der Waals surface area contributed by atoms with Crippen LogP contribution in [-0.4, -0.2) is 23.5 Å². The molecule has 0 radical (unpaired) electrons. The lowest BCUT2D eigenvalue weighted by Gasteiger charge is -2.10. The first-order chi connectivity index (χ1) is 16.0. The Morgan fingerprint density at radius 1 is 0.970 bits per heavy atom. The minimum Gasteiger partial charge on any atom is -0.462 e. The van der Waals surface area contributed by atoms with Crippen LogP contribution >= 0.6 is 22.7 Å². The fourth-order valence-electron chi connectivity index (χ4n) is 3.77. The van der Waals surface area contributed by atoms with Gasteiger partial charge in [0.15, 0.2) is 0 Å². The van der Waals surface area contributed by atoms with Gasteiger partial charge in [-0.15, -0.1) is 22.7 Å². The molecule has 5 nitrogen and oxygen atoms in total. The van der Waals surface area contributed by atoms with E-state index in [1.807, 2.05) is 73.7 Å². The quantitative estimate of drug-likeness (QED) is 0.282. The molecule has 0 aliphatic rings. The van der Waals surface area contributed by atoms with Crippen LogP contribution in [-0.2, 0) is 4.74 Å². The van der Waals surface area contributed by atoms with Crippen LogP contribution < -0.4 is 5.32 Å². The third kappa shape index (κ3) is 4.01. The second kappa shape index (κ2) is 8.77. The van der Waals surface area contributed by atoms with Gasteiger partial charge in [-0.3, -0.25) is 4.79 Å². The van der Waals surface area contributed by atoms with Crippen molar-refractivity contribution in [2.75, 3.05) is 11.9 Å². The highest BCUT2D eigenvalue weighted by Crippen LogP contribution is 2.37. The summed E-state index contributed by atoms with van der Waals surface area (Å²) >= 11 is 3.00. The van der Waals surface area contributed by atoms with Crippen molar-refractivity contribution in [1.82, 2.24) is 4.98 Å². The maximum Gasteiger partial charge on any atom is 0.341 e. The van der Waals surface area contributed by atoms with Gasteiger partial charge in [0.1, 0.15) is 10.6 Å². The minimum absolute atomic E-state index is 0.259. The first kappa shape index (κ1) is 21.3. The van der Waals surface area contributed by atoms with E-state index in [9.17, 15) is 9.59 Å². The van der Waals surface area contributed by atoms with E-state index in [2.05, 4.69) is 5.32 Å². The van der Waals surface area contributed by atoms with E-state index in [1.165, 1.54) is 16.2 Å². The summed E-state index contributed by atoms with van der Waals surface area (Å²) in [6, 6.07) is 21.0. The summed E-state index contributed by atoms with van der Waals surface area (Å²) in [7, 11) is 0. The highest BCUT2D eigenvalue weighted by molar-refractivity contribution is 7.23. The number of esters is 1. The van der Waals surface area contributed by atoms with E-state index in [0.29, 0.717) is 16.1 Å². The number of nitrogens with one attached hydrogen (secondary N) is 1. The number of ether oxygens (including phenoxy) is 1. The van der Waals surface area contributed by atoms with Gasteiger partial charge < -0.3 is 10.1 Å². The molecule has 5 aromatic rings. The van der Waals surface area contributed by atoms with Crippen LogP contribution in [0.15, 0.2) is 66.7 Å². The fraction of sp³-hybridized carbons (Fsp3) is 0.115. The lowest BCUT2D eigenvalue weighted by Crippen LogP contribution is -2.15. The van der Waals surface area contributed by atoms with Crippen molar-refractivity contribution < 1.29 is 14.3 Å². The Bertz CT molecular complexity index is 1520. The zero-order valence-electron chi connectivity index (χ0n) is 18.0. The van der Waals surface area contributed by atoms with Crippen LogP contribution in [0.5, 0.6) is 0 Å². The number of carbonyl (C=O) groups excluding carboxylic acids is 2. The van der Waals surface area contributed by atoms with Gasteiger partial charge in [0, 0.05) is 20.3 Å². The van der Waals surface area contributed by atoms with Crippen molar-refractivity contribution in [2.24, 2.45) is 0 Å². The van der Waals surface area contributed by atoms with Crippen molar-refractivity contribution in [3.05, 3.63) is 82.7 Å². The molecule has 0 unspecified atom stereocenters. The number of fused-ring (bicyclic) bond motifs is 2. The number of hydrogen-bond acceptors (Lipinski definition) is 6. The van der Waals surface area contributed by atoms with Crippen LogP contribution in [0.2, 0.25) is 0 Å². The average Bonchev–Trinajstić information content (AvgIpc) is 3.41. The molecule has 0 bridgehead atoms. The predicted octanol–water partition coefficient (Wildman–Crippen LogP) is 6.92. The summed E-state index contributed by atoms with van der Waals surface area (Å²) in [6.07, 6.45) is 0. The minimum atomic E-state index is -0.445. The highest BCUT2D eigenvalue weighted by Gasteiger charge is 2.23. The van der Waals surface area contributed by atoms with E-state index in [-0.39, 0.29) is 12.5 Å². The Labute approximate surface area is 198 Å². The number of carbonyl (C=O) groups is 2. The van der Waals surface area contributed by atoms with Crippen LogP contribution in [0.4, 0.5) is 5.00 Å². The number of anilines is 1. The smallest absolute Gasteiger partial charge is 0.341 e. The molecule has 0 aliphatic carbocycles. The molecule has 0 atom stereocenters. The summed E-state index contributed by atoms with van der Waals surface area (Å²) in [5.41, 5.74) is 2.39. The molecule has 2 aromatic carbocycles. The summed E-state index contributed by atoms with van der Waals surface area (Å²) in [5, 5.41) is 4.99. The summed E-state index contributed by atoms with van der Waals surface area (Å²) < 4.78 is 6.19. The largest absolute Gasteiger partial charge is 0.462 e. The van der Waals surface area contributed by atoms with E-state index in [4.69, 9.17) is 9.72 Å². The zero-order valence-corrected chi connectivity index (χ0v) is 19.7. The maximum absolute atomic E-state index is 13.5. The predicted molar refractivity (Wildman–Crippen MR) is 136 cm³/mol. The Morgan fingerprint density at radius 2 is 1.73 bits per heavy atom. The SMILES string of the molecule is CCOC(=O)c1c(NC(=O)c2cc(-c3ccc(C)s3)nc3ccccc23)sc2ccccc12. The van der Waals surface area contributed by atoms with Crippen molar-refractivity contribution in [3.63, 3.8) is 0 Å². The Hall–Kier alpha value is -3.55. The number of amides is 1. The lowest BCUT2D eigenvalue weighted by molar-refractivity contribution is 0.0530. The molecule has 33 heavy (non-hydrogen) atoms. The molecule has 7 heteroatoms. The summed E-state index contributed by atoms with van der Waals surface area (Å²) in [4.78, 5) is 33.2.